The van der Waals surface area contributed by atoms with E-state index in [0.29, 0.717) is 5.75 Å². The van der Waals surface area contributed by atoms with E-state index in [-0.39, 0.29) is 0 Å². The highest BCUT2D eigenvalue weighted by Crippen LogP contribution is 2.27. The third kappa shape index (κ3) is 6.12. The summed E-state index contributed by atoms with van der Waals surface area (Å²) in [6, 6.07) is 16.0. The maximum Gasteiger partial charge on any atom is 0.303 e. The second-order valence-corrected chi connectivity index (χ2v) is 10.3. The number of hydrogen-bond donors (Lipinski definition) is 3. The van der Waals surface area contributed by atoms with Crippen molar-refractivity contribution in [3.05, 3.63) is 87.6 Å². The predicted octanol–water partition coefficient (Wildman–Crippen LogP) is 6.59. The fourth-order valence-corrected chi connectivity index (χ4v) is 5.78. The molecular formula is C26H33N3O2S2+2. The molecule has 1 aromatic heterocycles. The van der Waals surface area contributed by atoms with Crippen molar-refractivity contribution in [2.45, 2.75) is 44.8 Å². The van der Waals surface area contributed by atoms with E-state index in [4.69, 9.17) is 0 Å². The van der Waals surface area contributed by atoms with Crippen molar-refractivity contribution in [3.8, 4) is 0 Å². The molecule has 5 nitrogen and oxygen atoms in total. The Morgan fingerprint density at radius 2 is 1.67 bits per heavy atom. The van der Waals surface area contributed by atoms with Crippen LogP contribution in [0.15, 0.2) is 64.4 Å². The molecule has 0 radical (unpaired) electrons. The van der Waals surface area contributed by atoms with Gasteiger partial charge >= 0.3 is 11.4 Å². The number of anilines is 1. The zero-order valence-corrected chi connectivity index (χ0v) is 21.5. The summed E-state index contributed by atoms with van der Waals surface area (Å²) in [5.74, 6) is 0.565. The topological polar surface area (TPSA) is 70.3 Å². The number of benzene rings is 2. The van der Waals surface area contributed by atoms with Gasteiger partial charge in [0.15, 0.2) is 21.8 Å². The van der Waals surface area contributed by atoms with E-state index in [1.54, 1.807) is 4.68 Å². The highest BCUT2D eigenvalue weighted by atomic mass is 32.2. The first kappa shape index (κ1) is 25.2. The normalized spacial score (nSPS) is 14.3. The van der Waals surface area contributed by atoms with Gasteiger partial charge in [-0.1, -0.05) is 50.3 Å². The summed E-state index contributed by atoms with van der Waals surface area (Å²) < 4.78 is 26.5. The Morgan fingerprint density at radius 3 is 2.30 bits per heavy atom. The fourth-order valence-electron chi connectivity index (χ4n) is 3.53. The maximum atomic E-state index is 10.9. The van der Waals surface area contributed by atoms with Crippen LogP contribution in [-0.2, 0) is 35.3 Å². The van der Waals surface area contributed by atoms with E-state index < -0.39 is 22.5 Å². The number of nitrogens with zero attached hydrogens (tertiary/aromatic N) is 2. The van der Waals surface area contributed by atoms with Crippen molar-refractivity contribution >= 4 is 40.4 Å². The van der Waals surface area contributed by atoms with Crippen LogP contribution in [0, 0.1) is 13.8 Å². The van der Waals surface area contributed by atoms with Gasteiger partial charge in [-0.25, -0.2) is 0 Å². The summed E-state index contributed by atoms with van der Waals surface area (Å²) in [5, 5.41) is 4.38. The molecule has 0 spiro atoms. The zero-order chi connectivity index (χ0) is 24.0. The summed E-state index contributed by atoms with van der Waals surface area (Å²) in [6.07, 6.45) is 7.09. The molecule has 174 valence electrons. The highest BCUT2D eigenvalue weighted by molar-refractivity contribution is 7.94. The van der Waals surface area contributed by atoms with Crippen LogP contribution in [0.25, 0.3) is 12.2 Å². The van der Waals surface area contributed by atoms with Gasteiger partial charge in [0.2, 0.25) is 4.90 Å². The first-order valence-electron chi connectivity index (χ1n) is 11.1. The molecule has 4 rings (SSSR count). The lowest BCUT2D eigenvalue weighted by molar-refractivity contribution is 0.643. The monoisotopic (exact) mass is 483 g/mol. The number of nitrogens with one attached hydrogen (secondary N) is 1. The van der Waals surface area contributed by atoms with Crippen molar-refractivity contribution < 1.29 is 9.11 Å². The molecule has 2 aromatic carbocycles. The molecule has 1 heterocycles. The van der Waals surface area contributed by atoms with E-state index in [1.165, 1.54) is 5.56 Å². The Morgan fingerprint density at radius 1 is 1.00 bits per heavy atom. The van der Waals surface area contributed by atoms with Crippen LogP contribution in [-0.4, -0.2) is 18.9 Å². The molecule has 2 atom stereocenters. The van der Waals surface area contributed by atoms with Crippen molar-refractivity contribution in [1.29, 1.82) is 0 Å². The van der Waals surface area contributed by atoms with Gasteiger partial charge in [-0.05, 0) is 49.2 Å². The van der Waals surface area contributed by atoms with E-state index in [9.17, 15) is 9.11 Å². The highest BCUT2D eigenvalue weighted by Gasteiger charge is 2.27. The number of fused-ring (bicyclic) bond motifs is 1. The lowest BCUT2D eigenvalue weighted by Crippen LogP contribution is -2.14. The number of rotatable bonds is 6. The molecule has 0 aliphatic heterocycles. The van der Waals surface area contributed by atoms with Gasteiger partial charge in [-0.3, -0.25) is 4.68 Å². The van der Waals surface area contributed by atoms with E-state index in [0.717, 1.165) is 44.4 Å². The molecule has 1 aliphatic carbocycles. The predicted molar refractivity (Wildman–Crippen MR) is 144 cm³/mol. The lowest BCUT2D eigenvalue weighted by Gasteiger charge is -2.05. The number of allylic oxidation sites excluding steroid dienone is 2. The Hall–Kier alpha value is -2.45. The first-order chi connectivity index (χ1) is 15.9. The van der Waals surface area contributed by atoms with Crippen LogP contribution in [0.3, 0.4) is 0 Å². The van der Waals surface area contributed by atoms with Gasteiger partial charge in [-0.2, -0.15) is 18.9 Å². The summed E-state index contributed by atoms with van der Waals surface area (Å²) in [5.41, 5.74) is 6.08. The largest absolute Gasteiger partial charge is 0.303 e. The van der Waals surface area contributed by atoms with Gasteiger partial charge in [-0.15, -0.1) is 0 Å². The second-order valence-electron chi connectivity index (χ2n) is 7.56. The van der Waals surface area contributed by atoms with E-state index in [1.807, 2.05) is 71.1 Å². The van der Waals surface area contributed by atoms with Crippen molar-refractivity contribution in [2.75, 3.05) is 4.72 Å². The standard InChI is InChI=1S/C24H27N3O2S2.C2H6/c1-17-24(18(2)27(3)25-17)26-31(29)22-13-11-19(12-14-22)16-30(28)23-10-6-9-20-7-4-5-8-21(20)15-23;1-2/h4-9,11-15,26,28-29H,10,16H2,1-3H3;1-2H3/q+2;. The van der Waals surface area contributed by atoms with Crippen LogP contribution < -0.4 is 4.72 Å². The molecule has 2 unspecified atom stereocenters. The smallest absolute Gasteiger partial charge is 0.270 e. The zero-order valence-electron chi connectivity index (χ0n) is 19.9. The molecule has 3 aromatic rings. The van der Waals surface area contributed by atoms with Crippen LogP contribution in [0.2, 0.25) is 0 Å². The summed E-state index contributed by atoms with van der Waals surface area (Å²) in [7, 11) is 1.89. The SMILES string of the molecule is CC.Cc1nn(C)c(C)c1N[S+](O)c1ccc(C[S+](O)C2=Cc3ccccc3C=CC2)cc1. The van der Waals surface area contributed by atoms with Crippen LogP contribution in [0.1, 0.15) is 48.3 Å². The Balaban J connectivity index is 0.00000149. The number of aromatic nitrogens is 2. The minimum Gasteiger partial charge on any atom is -0.270 e. The van der Waals surface area contributed by atoms with Crippen molar-refractivity contribution in [1.82, 2.24) is 9.78 Å². The van der Waals surface area contributed by atoms with E-state index >= 15 is 0 Å². The molecule has 7 heteroatoms. The van der Waals surface area contributed by atoms with Gasteiger partial charge in [0, 0.05) is 25.1 Å². The molecule has 0 fully saturated rings. The fraction of sp³-hybridized carbons (Fsp3) is 0.269. The third-order valence-electron chi connectivity index (χ3n) is 5.39. The maximum absolute atomic E-state index is 10.9. The Bertz CT molecular complexity index is 1140. The molecule has 1 aliphatic rings. The Labute approximate surface area is 203 Å². The minimum atomic E-state index is -1.13. The summed E-state index contributed by atoms with van der Waals surface area (Å²) in [6.45, 7) is 7.90. The first-order valence-corrected chi connectivity index (χ1v) is 13.6. The Kier molecular flexibility index (Phi) is 8.86. The van der Waals surface area contributed by atoms with Crippen molar-refractivity contribution in [3.63, 3.8) is 0 Å². The van der Waals surface area contributed by atoms with E-state index in [2.05, 4.69) is 40.2 Å². The van der Waals surface area contributed by atoms with Crippen LogP contribution >= 0.6 is 0 Å². The van der Waals surface area contributed by atoms with Gasteiger partial charge in [0.05, 0.1) is 11.4 Å². The number of aryl methyl sites for hydroxylation is 2. The van der Waals surface area contributed by atoms with Crippen LogP contribution in [0.5, 0.6) is 0 Å². The molecule has 33 heavy (non-hydrogen) atoms. The average molecular weight is 484 g/mol. The molecule has 0 saturated carbocycles. The second kappa shape index (κ2) is 11.6. The van der Waals surface area contributed by atoms with Crippen molar-refractivity contribution in [2.24, 2.45) is 7.05 Å². The third-order valence-corrected chi connectivity index (χ3v) is 8.00. The molecule has 3 N–H and O–H groups in total. The summed E-state index contributed by atoms with van der Waals surface area (Å²) >= 11 is -1.98. The molecule has 0 amide bonds. The van der Waals surface area contributed by atoms with Gasteiger partial charge in [0.1, 0.15) is 5.69 Å². The minimum absolute atomic E-state index is 0.565. The number of hydrogen-bond acceptors (Lipinski definition) is 4. The van der Waals surface area contributed by atoms with Gasteiger partial charge in [0.25, 0.3) is 0 Å². The van der Waals surface area contributed by atoms with Gasteiger partial charge < -0.3 is 0 Å². The van der Waals surface area contributed by atoms with Crippen LogP contribution in [0.4, 0.5) is 5.69 Å². The molecule has 0 saturated heterocycles. The molecule has 0 bridgehead atoms. The quantitative estimate of drug-likeness (QED) is 0.346. The molecular weight excluding hydrogens is 450 g/mol. The summed E-state index contributed by atoms with van der Waals surface area (Å²) in [4.78, 5) is 1.84. The lowest BCUT2D eigenvalue weighted by atomic mass is 10.1. The average Bonchev–Trinajstić information content (AvgIpc) is 2.99.